The van der Waals surface area contributed by atoms with E-state index in [1.54, 1.807) is 17.0 Å². The zero-order valence-electron chi connectivity index (χ0n) is 13.4. The van der Waals surface area contributed by atoms with E-state index < -0.39 is 0 Å². The molecule has 0 spiro atoms. The molecule has 0 fully saturated rings. The van der Waals surface area contributed by atoms with Crippen LogP contribution in [0.5, 0.6) is 0 Å². The molecule has 3 heterocycles. The van der Waals surface area contributed by atoms with Crippen LogP contribution in [0.25, 0.3) is 0 Å². The molecule has 7 nitrogen and oxygen atoms in total. The van der Waals surface area contributed by atoms with Crippen LogP contribution >= 0.6 is 0 Å². The van der Waals surface area contributed by atoms with Crippen LogP contribution in [0.2, 0.25) is 0 Å². The van der Waals surface area contributed by atoms with Crippen molar-refractivity contribution in [3.8, 4) is 6.07 Å². The highest BCUT2D eigenvalue weighted by Crippen LogP contribution is 2.26. The normalized spacial score (nSPS) is 17.0. The summed E-state index contributed by atoms with van der Waals surface area (Å²) in [5, 5.41) is 17.3. The van der Waals surface area contributed by atoms with Crippen LogP contribution in [-0.2, 0) is 6.54 Å². The minimum Gasteiger partial charge on any atom is -0.329 e. The predicted octanol–water partition coefficient (Wildman–Crippen LogP) is 1.89. The highest BCUT2D eigenvalue weighted by Gasteiger charge is 2.30. The molecule has 1 aliphatic heterocycles. The lowest BCUT2D eigenvalue weighted by Gasteiger charge is -2.33. The third kappa shape index (κ3) is 2.68. The maximum Gasteiger partial charge on any atom is 0.255 e. The molecule has 1 aliphatic rings. The number of nitriles is 1. The number of rotatable bonds is 2. The van der Waals surface area contributed by atoms with Gasteiger partial charge in [0.15, 0.2) is 5.82 Å². The molecule has 2 aromatic heterocycles. The largest absolute Gasteiger partial charge is 0.329 e. The average molecular weight is 310 g/mol. The van der Waals surface area contributed by atoms with Crippen LogP contribution in [0.1, 0.15) is 60.4 Å². The Morgan fingerprint density at radius 2 is 2.17 bits per heavy atom. The summed E-state index contributed by atoms with van der Waals surface area (Å²) in [7, 11) is 0. The second-order valence-corrected chi connectivity index (χ2v) is 6.08. The van der Waals surface area contributed by atoms with E-state index in [0.717, 1.165) is 11.6 Å². The molecule has 23 heavy (non-hydrogen) atoms. The molecule has 0 radical (unpaired) electrons. The second kappa shape index (κ2) is 5.80. The van der Waals surface area contributed by atoms with Crippen LogP contribution < -0.4 is 0 Å². The third-order valence-electron chi connectivity index (χ3n) is 3.98. The number of carbonyl (C=O) groups is 1. The van der Waals surface area contributed by atoms with Crippen LogP contribution in [-0.4, -0.2) is 37.1 Å². The number of pyridine rings is 1. The van der Waals surface area contributed by atoms with Crippen molar-refractivity contribution in [1.29, 1.82) is 5.26 Å². The van der Waals surface area contributed by atoms with Gasteiger partial charge in [0.25, 0.3) is 5.91 Å². The first-order valence-electron chi connectivity index (χ1n) is 7.60. The molecule has 118 valence electrons. The number of hydrogen-bond donors (Lipinski definition) is 0. The highest BCUT2D eigenvalue weighted by molar-refractivity contribution is 5.94. The van der Waals surface area contributed by atoms with Crippen molar-refractivity contribution in [2.45, 2.75) is 39.3 Å². The molecule has 0 saturated carbocycles. The van der Waals surface area contributed by atoms with Gasteiger partial charge >= 0.3 is 0 Å². The van der Waals surface area contributed by atoms with E-state index in [0.29, 0.717) is 30.3 Å². The lowest BCUT2D eigenvalue weighted by atomic mass is 10.1. The van der Waals surface area contributed by atoms with E-state index in [1.165, 1.54) is 6.20 Å². The minimum absolute atomic E-state index is 0.103. The molecule has 0 aliphatic carbocycles. The van der Waals surface area contributed by atoms with Gasteiger partial charge in [0.2, 0.25) is 0 Å². The molecule has 0 aromatic carbocycles. The lowest BCUT2D eigenvalue weighted by Crippen LogP contribution is -2.41. The van der Waals surface area contributed by atoms with Gasteiger partial charge in [-0.15, -0.1) is 10.2 Å². The molecule has 3 rings (SSSR count). The molecule has 0 saturated heterocycles. The van der Waals surface area contributed by atoms with Crippen molar-refractivity contribution in [3.63, 3.8) is 0 Å². The Bertz CT molecular complexity index is 771. The van der Waals surface area contributed by atoms with Crippen molar-refractivity contribution < 1.29 is 4.79 Å². The van der Waals surface area contributed by atoms with Crippen molar-refractivity contribution in [2.75, 3.05) is 6.54 Å². The molecule has 2 aromatic rings. The van der Waals surface area contributed by atoms with Crippen molar-refractivity contribution in [2.24, 2.45) is 0 Å². The van der Waals surface area contributed by atoms with Gasteiger partial charge in [-0.3, -0.25) is 4.79 Å². The number of hydrogen-bond acceptors (Lipinski definition) is 5. The van der Waals surface area contributed by atoms with Crippen LogP contribution in [0, 0.1) is 11.3 Å². The maximum absolute atomic E-state index is 12.6. The Kier molecular flexibility index (Phi) is 3.82. The topological polar surface area (TPSA) is 87.7 Å². The molecular formula is C16H18N6O. The maximum atomic E-state index is 12.6. The quantitative estimate of drug-likeness (QED) is 0.845. The Morgan fingerprint density at radius 1 is 1.39 bits per heavy atom. The first-order chi connectivity index (χ1) is 11.0. The van der Waals surface area contributed by atoms with Crippen molar-refractivity contribution in [1.82, 2.24) is 24.6 Å². The number of carbonyl (C=O) groups excluding carboxylic acids is 1. The first kappa shape index (κ1) is 15.2. The van der Waals surface area contributed by atoms with E-state index in [9.17, 15) is 4.79 Å². The van der Waals surface area contributed by atoms with Crippen LogP contribution in [0.15, 0.2) is 18.3 Å². The number of aromatic nitrogens is 4. The summed E-state index contributed by atoms with van der Waals surface area (Å²) in [5.74, 6) is 1.96. The van der Waals surface area contributed by atoms with Gasteiger partial charge in [0.1, 0.15) is 17.6 Å². The summed E-state index contributed by atoms with van der Waals surface area (Å²) < 4.78 is 2.13. The van der Waals surface area contributed by atoms with Crippen molar-refractivity contribution in [3.05, 3.63) is 41.2 Å². The molecule has 1 amide bonds. The summed E-state index contributed by atoms with van der Waals surface area (Å²) in [5.41, 5.74) is 0.781. The summed E-state index contributed by atoms with van der Waals surface area (Å²) in [6.07, 6.45) is 1.45. The Labute approximate surface area is 134 Å². The molecule has 0 N–H and O–H groups in total. The van der Waals surface area contributed by atoms with E-state index in [2.05, 4.69) is 40.5 Å². The second-order valence-electron chi connectivity index (χ2n) is 6.08. The molecule has 0 unspecified atom stereocenters. The smallest absolute Gasteiger partial charge is 0.255 e. The zero-order chi connectivity index (χ0) is 16.6. The Hall–Kier alpha value is -2.75. The minimum atomic E-state index is -0.103. The third-order valence-corrected chi connectivity index (χ3v) is 3.98. The summed E-state index contributed by atoms with van der Waals surface area (Å²) >= 11 is 0. The number of nitrogens with zero attached hydrogens (tertiary/aromatic N) is 6. The van der Waals surface area contributed by atoms with Crippen molar-refractivity contribution >= 4 is 5.91 Å². The molecular weight excluding hydrogens is 292 g/mol. The van der Waals surface area contributed by atoms with Gasteiger partial charge in [-0.2, -0.15) is 5.26 Å². The van der Waals surface area contributed by atoms with Gasteiger partial charge in [0.05, 0.1) is 18.2 Å². The summed E-state index contributed by atoms with van der Waals surface area (Å²) in [6, 6.07) is 5.27. The van der Waals surface area contributed by atoms with Crippen LogP contribution in [0.3, 0.4) is 0 Å². The molecule has 7 heteroatoms. The van der Waals surface area contributed by atoms with Gasteiger partial charge in [0, 0.05) is 18.7 Å². The average Bonchev–Trinajstić information content (AvgIpc) is 2.99. The first-order valence-corrected chi connectivity index (χ1v) is 7.60. The monoisotopic (exact) mass is 310 g/mol. The standard InChI is InChI=1S/C16H18N6O/c1-10(2)15-20-19-14-9-21(8-11(3)22(14)15)16(23)12-4-5-13(6-17)18-7-12/h4-5,7,10-11H,8-9H2,1-3H3/t11-/m0/s1. The zero-order valence-corrected chi connectivity index (χ0v) is 13.4. The van der Waals surface area contributed by atoms with Gasteiger partial charge in [-0.1, -0.05) is 13.8 Å². The van der Waals surface area contributed by atoms with Gasteiger partial charge < -0.3 is 9.47 Å². The van der Waals surface area contributed by atoms with E-state index in [-0.39, 0.29) is 11.9 Å². The summed E-state index contributed by atoms with van der Waals surface area (Å²) in [6.45, 7) is 7.27. The van der Waals surface area contributed by atoms with Crippen LogP contribution in [0.4, 0.5) is 0 Å². The highest BCUT2D eigenvalue weighted by atomic mass is 16.2. The Balaban J connectivity index is 1.85. The van der Waals surface area contributed by atoms with E-state index in [4.69, 9.17) is 5.26 Å². The van der Waals surface area contributed by atoms with E-state index >= 15 is 0 Å². The molecule has 0 bridgehead atoms. The lowest BCUT2D eigenvalue weighted by molar-refractivity contribution is 0.0679. The fourth-order valence-electron chi connectivity index (χ4n) is 2.88. The number of amides is 1. The van der Waals surface area contributed by atoms with E-state index in [1.807, 2.05) is 6.07 Å². The Morgan fingerprint density at radius 3 is 2.78 bits per heavy atom. The summed E-state index contributed by atoms with van der Waals surface area (Å²) in [4.78, 5) is 18.4. The fourth-order valence-corrected chi connectivity index (χ4v) is 2.88. The molecule has 1 atom stereocenters. The fraction of sp³-hybridized carbons (Fsp3) is 0.438. The SMILES string of the molecule is CC(C)c1nnc2n1[C@@H](C)CN(C(=O)c1ccc(C#N)nc1)C2. The van der Waals surface area contributed by atoms with Gasteiger partial charge in [-0.05, 0) is 19.1 Å². The number of fused-ring (bicyclic) bond motifs is 1. The van der Waals surface area contributed by atoms with Gasteiger partial charge in [-0.25, -0.2) is 4.98 Å². The predicted molar refractivity (Wildman–Crippen MR) is 82.5 cm³/mol.